The number of likely N-dealkylation sites (N-methyl/N-ethyl adjacent to an activating group) is 1. The lowest BCUT2D eigenvalue weighted by molar-refractivity contribution is -0.117. The van der Waals surface area contributed by atoms with Crippen molar-refractivity contribution in [1.82, 2.24) is 14.9 Å². The lowest BCUT2D eigenvalue weighted by Gasteiger charge is -2.23. The molecule has 0 aliphatic rings. The molecule has 0 saturated carbocycles. The summed E-state index contributed by atoms with van der Waals surface area (Å²) in [6.45, 7) is 8.13. The molecule has 0 radical (unpaired) electrons. The van der Waals surface area contributed by atoms with Gasteiger partial charge < -0.3 is 10.3 Å². The van der Waals surface area contributed by atoms with Crippen LogP contribution >= 0.6 is 11.3 Å². The first-order chi connectivity index (χ1) is 13.3. The summed E-state index contributed by atoms with van der Waals surface area (Å²) in [6, 6.07) is 7.60. The van der Waals surface area contributed by atoms with Crippen molar-refractivity contribution in [2.75, 3.05) is 18.9 Å². The van der Waals surface area contributed by atoms with E-state index in [4.69, 9.17) is 0 Å². The summed E-state index contributed by atoms with van der Waals surface area (Å²) in [4.78, 5) is 36.3. The molecule has 0 fully saturated rings. The zero-order valence-electron chi connectivity index (χ0n) is 16.9. The van der Waals surface area contributed by atoms with Gasteiger partial charge in [0.05, 0.1) is 18.0 Å². The zero-order chi connectivity index (χ0) is 20.4. The molecule has 7 heteroatoms. The molecule has 0 aliphatic carbocycles. The molecular formula is C21H26N4O2S. The number of nitrogens with zero attached hydrogens (tertiary/aromatic N) is 2. The summed E-state index contributed by atoms with van der Waals surface area (Å²) >= 11 is 1.53. The van der Waals surface area contributed by atoms with E-state index >= 15 is 0 Å². The number of aryl methyl sites for hydroxylation is 3. The van der Waals surface area contributed by atoms with Gasteiger partial charge in [0, 0.05) is 10.6 Å². The molecule has 1 unspecified atom stereocenters. The second kappa shape index (κ2) is 8.24. The van der Waals surface area contributed by atoms with Crippen molar-refractivity contribution in [1.29, 1.82) is 0 Å². The first kappa shape index (κ1) is 20.2. The molecule has 3 aromatic rings. The van der Waals surface area contributed by atoms with Crippen LogP contribution in [0.4, 0.5) is 5.69 Å². The fraction of sp³-hybridized carbons (Fsp3) is 0.381. The van der Waals surface area contributed by atoms with Gasteiger partial charge in [0.25, 0.3) is 5.56 Å². The zero-order valence-corrected chi connectivity index (χ0v) is 17.7. The molecule has 1 aromatic carbocycles. The average molecular weight is 399 g/mol. The van der Waals surface area contributed by atoms with Crippen LogP contribution in [0.15, 0.2) is 29.1 Å². The molecule has 2 N–H and O–H groups in total. The normalized spacial score (nSPS) is 12.5. The van der Waals surface area contributed by atoms with E-state index in [2.05, 4.69) is 22.2 Å². The molecule has 6 nitrogen and oxygen atoms in total. The van der Waals surface area contributed by atoms with Crippen LogP contribution < -0.4 is 10.9 Å². The van der Waals surface area contributed by atoms with Crippen LogP contribution in [0.5, 0.6) is 0 Å². The Hall–Kier alpha value is -2.51. The Balaban J connectivity index is 1.75. The third-order valence-corrected chi connectivity index (χ3v) is 6.28. The number of carbonyl (C=O) groups is 1. The fourth-order valence-corrected chi connectivity index (χ4v) is 4.22. The highest BCUT2D eigenvalue weighted by atomic mass is 32.1. The summed E-state index contributed by atoms with van der Waals surface area (Å²) in [5.74, 6) is 0.476. The number of thiophene rings is 1. The summed E-state index contributed by atoms with van der Waals surface area (Å²) in [7, 11) is 1.85. The first-order valence-electron chi connectivity index (χ1n) is 9.39. The van der Waals surface area contributed by atoms with Crippen LogP contribution in [-0.4, -0.2) is 34.4 Å². The highest BCUT2D eigenvalue weighted by Crippen LogP contribution is 2.27. The van der Waals surface area contributed by atoms with Gasteiger partial charge >= 0.3 is 0 Å². The number of carbonyl (C=O) groups excluding carboxylic acids is 1. The van der Waals surface area contributed by atoms with Crippen LogP contribution in [0.2, 0.25) is 0 Å². The number of aromatic nitrogens is 2. The van der Waals surface area contributed by atoms with Gasteiger partial charge in [-0.2, -0.15) is 0 Å². The number of amides is 1. The Bertz CT molecular complexity index is 1070. The van der Waals surface area contributed by atoms with E-state index in [1.54, 1.807) is 0 Å². The molecule has 2 aromatic heterocycles. The Morgan fingerprint density at radius 3 is 2.75 bits per heavy atom. The summed E-state index contributed by atoms with van der Waals surface area (Å²) in [5.41, 5.74) is 2.80. The van der Waals surface area contributed by atoms with E-state index in [9.17, 15) is 9.59 Å². The summed E-state index contributed by atoms with van der Waals surface area (Å²) in [6.07, 6.45) is 0.855. The van der Waals surface area contributed by atoms with E-state index in [1.165, 1.54) is 11.3 Å². The van der Waals surface area contributed by atoms with Crippen molar-refractivity contribution in [3.05, 3.63) is 56.4 Å². The standard InChI is InChI=1S/C21H26N4O2S/c1-6-15-9-7-8-10-16(15)22-17(26)11-25(5)13(3)19-23-20(27)18-12(2)14(4)28-21(18)24-19/h7-10,13H,6,11H2,1-5H3,(H,22,26)(H,23,24,27). The van der Waals surface area contributed by atoms with Crippen molar-refractivity contribution in [3.63, 3.8) is 0 Å². The van der Waals surface area contributed by atoms with Crippen LogP contribution in [0.25, 0.3) is 10.2 Å². The van der Waals surface area contributed by atoms with Crippen LogP contribution in [0.3, 0.4) is 0 Å². The van der Waals surface area contributed by atoms with E-state index in [0.717, 1.165) is 32.9 Å². The first-order valence-corrected chi connectivity index (χ1v) is 10.2. The van der Waals surface area contributed by atoms with Gasteiger partial charge in [0.1, 0.15) is 10.7 Å². The van der Waals surface area contributed by atoms with Gasteiger partial charge in [-0.25, -0.2) is 4.98 Å². The maximum absolute atomic E-state index is 12.5. The van der Waals surface area contributed by atoms with E-state index in [-0.39, 0.29) is 24.1 Å². The maximum Gasteiger partial charge on any atom is 0.259 e. The van der Waals surface area contributed by atoms with Gasteiger partial charge in [-0.1, -0.05) is 25.1 Å². The monoisotopic (exact) mass is 398 g/mol. The minimum Gasteiger partial charge on any atom is -0.325 e. The molecule has 1 atom stereocenters. The lowest BCUT2D eigenvalue weighted by atomic mass is 10.1. The molecule has 28 heavy (non-hydrogen) atoms. The molecule has 3 rings (SSSR count). The molecule has 0 spiro atoms. The van der Waals surface area contributed by atoms with E-state index in [1.807, 2.05) is 57.0 Å². The maximum atomic E-state index is 12.5. The fourth-order valence-electron chi connectivity index (χ4n) is 3.18. The van der Waals surface area contributed by atoms with Gasteiger partial charge in [0.2, 0.25) is 5.91 Å². The predicted octanol–water partition coefficient (Wildman–Crippen LogP) is 3.80. The minimum absolute atomic E-state index is 0.0958. The SMILES string of the molecule is CCc1ccccc1NC(=O)CN(C)C(C)c1nc2sc(C)c(C)c2c(=O)[nH]1. The number of hydrogen-bond donors (Lipinski definition) is 2. The van der Waals surface area contributed by atoms with Crippen molar-refractivity contribution < 1.29 is 4.79 Å². The number of para-hydroxylation sites is 1. The van der Waals surface area contributed by atoms with Gasteiger partial charge in [-0.3, -0.25) is 14.5 Å². The molecular weight excluding hydrogens is 372 g/mol. The van der Waals surface area contributed by atoms with Gasteiger partial charge in [0.15, 0.2) is 0 Å². The van der Waals surface area contributed by atoms with Crippen LogP contribution in [-0.2, 0) is 11.2 Å². The number of anilines is 1. The lowest BCUT2D eigenvalue weighted by Crippen LogP contribution is -2.33. The number of benzene rings is 1. The molecule has 0 saturated heterocycles. The highest BCUT2D eigenvalue weighted by Gasteiger charge is 2.20. The van der Waals surface area contributed by atoms with E-state index < -0.39 is 0 Å². The smallest absolute Gasteiger partial charge is 0.259 e. The number of rotatable bonds is 6. The second-order valence-corrected chi connectivity index (χ2v) is 8.27. The molecule has 2 heterocycles. The number of hydrogen-bond acceptors (Lipinski definition) is 5. The van der Waals surface area contributed by atoms with Crippen molar-refractivity contribution in [2.45, 2.75) is 40.2 Å². The topological polar surface area (TPSA) is 78.1 Å². The second-order valence-electron chi connectivity index (χ2n) is 7.06. The largest absolute Gasteiger partial charge is 0.325 e. The quantitative estimate of drug-likeness (QED) is 0.662. The van der Waals surface area contributed by atoms with Crippen molar-refractivity contribution in [2.24, 2.45) is 0 Å². The Morgan fingerprint density at radius 1 is 1.32 bits per heavy atom. The molecule has 0 aliphatic heterocycles. The summed E-state index contributed by atoms with van der Waals surface area (Å²) < 4.78 is 0. The molecule has 0 bridgehead atoms. The highest BCUT2D eigenvalue weighted by molar-refractivity contribution is 7.18. The number of H-pyrrole nitrogens is 1. The summed E-state index contributed by atoms with van der Waals surface area (Å²) in [5, 5.41) is 3.64. The third-order valence-electron chi connectivity index (χ3n) is 5.18. The minimum atomic E-state index is -0.202. The Labute approximate surface area is 168 Å². The Morgan fingerprint density at radius 2 is 2.04 bits per heavy atom. The third kappa shape index (κ3) is 4.00. The van der Waals surface area contributed by atoms with Crippen molar-refractivity contribution in [3.8, 4) is 0 Å². The molecule has 148 valence electrons. The van der Waals surface area contributed by atoms with Gasteiger partial charge in [-0.15, -0.1) is 11.3 Å². The van der Waals surface area contributed by atoms with Crippen molar-refractivity contribution >= 4 is 33.1 Å². The van der Waals surface area contributed by atoms with Crippen LogP contribution in [0.1, 0.15) is 41.7 Å². The average Bonchev–Trinajstić information content (AvgIpc) is 2.95. The van der Waals surface area contributed by atoms with Crippen LogP contribution in [0, 0.1) is 13.8 Å². The number of fused-ring (bicyclic) bond motifs is 1. The van der Waals surface area contributed by atoms with E-state index in [0.29, 0.717) is 11.2 Å². The van der Waals surface area contributed by atoms with Gasteiger partial charge in [-0.05, 0) is 51.4 Å². The Kier molecular flexibility index (Phi) is 5.96. The molecule has 1 amide bonds. The number of aromatic amines is 1. The predicted molar refractivity (Wildman–Crippen MR) is 115 cm³/mol. The number of nitrogens with one attached hydrogen (secondary N) is 2.